The summed E-state index contributed by atoms with van der Waals surface area (Å²) in [6.07, 6.45) is 3.71. The van der Waals surface area contributed by atoms with Crippen LogP contribution in [0.4, 0.5) is 10.1 Å². The molecule has 150 valence electrons. The van der Waals surface area contributed by atoms with E-state index in [1.54, 1.807) is 6.92 Å². The fourth-order valence-corrected chi connectivity index (χ4v) is 4.17. The van der Waals surface area contributed by atoms with E-state index in [4.69, 9.17) is 5.73 Å². The molecule has 1 aliphatic rings. The molecule has 3 N–H and O–H groups in total. The Bertz CT molecular complexity index is 1240. The largest absolute Gasteiger partial charge is 0.477 e. The van der Waals surface area contributed by atoms with Crippen LogP contribution in [0, 0.1) is 19.7 Å². The number of pyridine rings is 2. The molecule has 0 bridgehead atoms. The molecule has 0 spiro atoms. The molecule has 6 heteroatoms. The van der Waals surface area contributed by atoms with E-state index in [2.05, 4.69) is 0 Å². The van der Waals surface area contributed by atoms with Crippen molar-refractivity contribution >= 4 is 17.2 Å². The Morgan fingerprint density at radius 3 is 2.55 bits per heavy atom. The Morgan fingerprint density at radius 1 is 1.28 bits per heavy atom. The van der Waals surface area contributed by atoms with Gasteiger partial charge >= 0.3 is 5.97 Å². The third kappa shape index (κ3) is 2.99. The number of carboxylic acids is 1. The van der Waals surface area contributed by atoms with E-state index >= 15 is 4.39 Å². The number of aryl methyl sites for hydroxylation is 3. The van der Waals surface area contributed by atoms with E-state index in [1.165, 1.54) is 6.07 Å². The van der Waals surface area contributed by atoms with Crippen molar-refractivity contribution in [3.63, 3.8) is 0 Å². The monoisotopic (exact) mass is 394 g/mol. The van der Waals surface area contributed by atoms with Crippen LogP contribution in [0.25, 0.3) is 16.6 Å². The number of aromatic nitrogens is 1. The minimum absolute atomic E-state index is 0.195. The lowest BCUT2D eigenvalue weighted by Crippen LogP contribution is -2.24. The topological polar surface area (TPSA) is 84.8 Å². The summed E-state index contributed by atoms with van der Waals surface area (Å²) < 4.78 is 16.4. The Balaban J connectivity index is 2.10. The van der Waals surface area contributed by atoms with Gasteiger partial charge in [-0.15, -0.1) is 0 Å². The quantitative estimate of drug-likeness (QED) is 0.641. The van der Waals surface area contributed by atoms with Gasteiger partial charge in [0.05, 0.1) is 5.52 Å². The number of nitrogens with zero attached hydrogens (tertiary/aromatic N) is 1. The molecule has 5 nitrogen and oxygen atoms in total. The first-order valence-corrected chi connectivity index (χ1v) is 9.75. The molecule has 0 aliphatic heterocycles. The Kier molecular flexibility index (Phi) is 4.45. The van der Waals surface area contributed by atoms with Crippen molar-refractivity contribution in [1.82, 2.24) is 4.40 Å². The first-order valence-electron chi connectivity index (χ1n) is 9.75. The van der Waals surface area contributed by atoms with Crippen LogP contribution < -0.4 is 11.3 Å². The van der Waals surface area contributed by atoms with Gasteiger partial charge in [0.1, 0.15) is 11.4 Å². The van der Waals surface area contributed by atoms with Gasteiger partial charge in [-0.25, -0.2) is 9.18 Å². The number of carboxylic acid groups (broad SMARTS) is 1. The zero-order chi connectivity index (χ0) is 21.0. The summed E-state index contributed by atoms with van der Waals surface area (Å²) in [6, 6.07) is 5.22. The van der Waals surface area contributed by atoms with E-state index < -0.39 is 17.3 Å². The van der Waals surface area contributed by atoms with Crippen LogP contribution in [0.2, 0.25) is 0 Å². The summed E-state index contributed by atoms with van der Waals surface area (Å²) in [5.41, 5.74) is 10.8. The van der Waals surface area contributed by atoms with Crippen LogP contribution in [0.5, 0.6) is 0 Å². The molecule has 3 aromatic rings. The third-order valence-electron chi connectivity index (χ3n) is 5.86. The zero-order valence-corrected chi connectivity index (χ0v) is 16.7. The normalized spacial score (nSPS) is 13.8. The highest BCUT2D eigenvalue weighted by Gasteiger charge is 2.30. The summed E-state index contributed by atoms with van der Waals surface area (Å²) in [6.45, 7) is 5.68. The molecule has 4 rings (SSSR count). The summed E-state index contributed by atoms with van der Waals surface area (Å²) in [7, 11) is 0. The lowest BCUT2D eigenvalue weighted by atomic mass is 9.93. The van der Waals surface area contributed by atoms with Crippen molar-refractivity contribution in [1.29, 1.82) is 0 Å². The molecule has 29 heavy (non-hydrogen) atoms. The molecule has 1 aromatic carbocycles. The standard InChI is InChI=1S/C23H23FN2O3/c1-4-13-8-15(7-11(2)20(13)25)19-12(3)21-16(14-5-6-14)9-17(23(28)29)22(27)26(21)10-18(19)24/h7-10,14H,4-6,25H2,1-3H3,(H,28,29). The number of hydrogen-bond donors (Lipinski definition) is 2. The third-order valence-corrected chi connectivity index (χ3v) is 5.86. The van der Waals surface area contributed by atoms with Crippen molar-refractivity contribution in [2.24, 2.45) is 0 Å². The van der Waals surface area contributed by atoms with Gasteiger partial charge in [0.15, 0.2) is 0 Å². The Labute approximate surface area is 167 Å². The van der Waals surface area contributed by atoms with Crippen molar-refractivity contribution in [2.45, 2.75) is 46.0 Å². The molecule has 1 fully saturated rings. The van der Waals surface area contributed by atoms with Gasteiger partial charge in [-0.3, -0.25) is 9.20 Å². The Morgan fingerprint density at radius 2 is 1.97 bits per heavy atom. The molecule has 0 unspecified atom stereocenters. The maximum Gasteiger partial charge on any atom is 0.341 e. The first-order chi connectivity index (χ1) is 13.7. The summed E-state index contributed by atoms with van der Waals surface area (Å²) in [5, 5.41) is 9.42. The van der Waals surface area contributed by atoms with Crippen molar-refractivity contribution in [2.75, 3.05) is 5.73 Å². The molecule has 0 saturated heterocycles. The highest BCUT2D eigenvalue weighted by Crippen LogP contribution is 2.44. The van der Waals surface area contributed by atoms with E-state index in [-0.39, 0.29) is 11.5 Å². The van der Waals surface area contributed by atoms with Crippen LogP contribution in [0.15, 0.2) is 29.2 Å². The minimum atomic E-state index is -1.30. The van der Waals surface area contributed by atoms with Gasteiger partial charge in [0.25, 0.3) is 5.56 Å². The highest BCUT2D eigenvalue weighted by atomic mass is 19.1. The summed E-state index contributed by atoms with van der Waals surface area (Å²) >= 11 is 0. The Hall–Kier alpha value is -3.15. The zero-order valence-electron chi connectivity index (χ0n) is 16.7. The maximum atomic E-state index is 15.3. The number of nitrogen functional groups attached to an aromatic ring is 1. The second-order valence-electron chi connectivity index (χ2n) is 7.81. The molecular weight excluding hydrogens is 371 g/mol. The average Bonchev–Trinajstić information content (AvgIpc) is 3.50. The number of benzene rings is 1. The number of rotatable bonds is 4. The fraction of sp³-hybridized carbons (Fsp3) is 0.304. The van der Waals surface area contributed by atoms with Crippen molar-refractivity contribution in [3.05, 3.63) is 68.4 Å². The molecule has 0 atom stereocenters. The average molecular weight is 394 g/mol. The first kappa shape index (κ1) is 19.2. The molecule has 1 saturated carbocycles. The van der Waals surface area contributed by atoms with E-state index in [0.29, 0.717) is 27.9 Å². The summed E-state index contributed by atoms with van der Waals surface area (Å²) in [4.78, 5) is 24.3. The second kappa shape index (κ2) is 6.72. The number of carbonyl (C=O) groups is 1. The predicted octanol–water partition coefficient (Wildman–Crippen LogP) is 4.44. The molecule has 2 aromatic heterocycles. The van der Waals surface area contributed by atoms with E-state index in [1.807, 2.05) is 26.0 Å². The molecular formula is C23H23FN2O3. The van der Waals surface area contributed by atoms with Gasteiger partial charge in [-0.2, -0.15) is 0 Å². The number of anilines is 1. The van der Waals surface area contributed by atoms with E-state index in [9.17, 15) is 14.7 Å². The number of nitrogens with two attached hydrogens (primary N) is 1. The van der Waals surface area contributed by atoms with Crippen LogP contribution in [-0.2, 0) is 6.42 Å². The van der Waals surface area contributed by atoms with Gasteiger partial charge in [0.2, 0.25) is 0 Å². The lowest BCUT2D eigenvalue weighted by molar-refractivity contribution is 0.0694. The van der Waals surface area contributed by atoms with Crippen LogP contribution in [0.1, 0.15) is 58.3 Å². The smallest absolute Gasteiger partial charge is 0.341 e. The van der Waals surface area contributed by atoms with Crippen LogP contribution >= 0.6 is 0 Å². The second-order valence-corrected chi connectivity index (χ2v) is 7.81. The number of halogens is 1. The van der Waals surface area contributed by atoms with Gasteiger partial charge in [-0.1, -0.05) is 6.92 Å². The number of hydrogen-bond acceptors (Lipinski definition) is 3. The van der Waals surface area contributed by atoms with Gasteiger partial charge < -0.3 is 10.8 Å². The van der Waals surface area contributed by atoms with Crippen LogP contribution in [-0.4, -0.2) is 15.5 Å². The maximum absolute atomic E-state index is 15.3. The molecule has 0 radical (unpaired) electrons. The van der Waals surface area contributed by atoms with Crippen molar-refractivity contribution < 1.29 is 14.3 Å². The summed E-state index contributed by atoms with van der Waals surface area (Å²) in [5.74, 6) is -1.66. The van der Waals surface area contributed by atoms with Crippen molar-refractivity contribution in [3.8, 4) is 11.1 Å². The predicted molar refractivity (Wildman–Crippen MR) is 111 cm³/mol. The number of aromatic carboxylic acids is 1. The number of fused-ring (bicyclic) bond motifs is 1. The SMILES string of the molecule is CCc1cc(-c2c(F)cn3c(=O)c(C(=O)O)cc(C4CC4)c3c2C)cc(C)c1N. The minimum Gasteiger partial charge on any atom is -0.477 e. The lowest BCUT2D eigenvalue weighted by Gasteiger charge is -2.18. The molecule has 2 heterocycles. The molecule has 1 aliphatic carbocycles. The highest BCUT2D eigenvalue weighted by molar-refractivity contribution is 5.89. The molecule has 0 amide bonds. The van der Waals surface area contributed by atoms with Crippen LogP contribution in [0.3, 0.4) is 0 Å². The fourth-order valence-electron chi connectivity index (χ4n) is 4.17. The van der Waals surface area contributed by atoms with Gasteiger partial charge in [-0.05, 0) is 85.0 Å². The van der Waals surface area contributed by atoms with E-state index in [0.717, 1.165) is 46.6 Å². The van der Waals surface area contributed by atoms with Gasteiger partial charge in [0, 0.05) is 17.4 Å².